The molecule has 0 unspecified atom stereocenters. The quantitative estimate of drug-likeness (QED) is 0.836. The third-order valence-electron chi connectivity index (χ3n) is 2.52. The normalized spacial score (nSPS) is 10.4. The first kappa shape index (κ1) is 12.6. The molecule has 0 saturated heterocycles. The van der Waals surface area contributed by atoms with Crippen molar-refractivity contribution in [2.24, 2.45) is 0 Å². The second-order valence-corrected chi connectivity index (χ2v) is 4.32. The van der Waals surface area contributed by atoms with Crippen molar-refractivity contribution in [1.82, 2.24) is 4.98 Å². The van der Waals surface area contributed by atoms with Crippen molar-refractivity contribution < 1.29 is 9.50 Å². The molecule has 3 nitrogen and oxygen atoms in total. The Balaban J connectivity index is 2.16. The zero-order valence-corrected chi connectivity index (χ0v) is 10.5. The number of aryl methyl sites for hydroxylation is 1. The molecule has 94 valence electrons. The van der Waals surface area contributed by atoms with Gasteiger partial charge in [-0.25, -0.2) is 9.37 Å². The van der Waals surface area contributed by atoms with Gasteiger partial charge in [0.25, 0.3) is 0 Å². The molecule has 0 aliphatic carbocycles. The lowest BCUT2D eigenvalue weighted by Gasteiger charge is -2.11. The van der Waals surface area contributed by atoms with Crippen LogP contribution in [0.4, 0.5) is 10.1 Å². The van der Waals surface area contributed by atoms with Crippen LogP contribution in [0.15, 0.2) is 30.5 Å². The minimum atomic E-state index is -0.471. The number of phenols is 1. The average molecular weight is 267 g/mol. The van der Waals surface area contributed by atoms with Crippen LogP contribution in [-0.4, -0.2) is 10.1 Å². The zero-order valence-electron chi connectivity index (χ0n) is 9.74. The summed E-state index contributed by atoms with van der Waals surface area (Å²) < 4.78 is 13.1. The smallest absolute Gasteiger partial charge is 0.152 e. The SMILES string of the molecule is Cc1ccnc(Cl)c1NCc1cc(O)cc(F)c1. The molecule has 0 saturated carbocycles. The Morgan fingerprint density at radius 2 is 2.17 bits per heavy atom. The fourth-order valence-corrected chi connectivity index (χ4v) is 1.94. The number of benzene rings is 1. The number of hydrogen-bond acceptors (Lipinski definition) is 3. The van der Waals surface area contributed by atoms with Crippen molar-refractivity contribution in [1.29, 1.82) is 0 Å². The summed E-state index contributed by atoms with van der Waals surface area (Å²) in [6.07, 6.45) is 1.62. The molecule has 1 aromatic heterocycles. The monoisotopic (exact) mass is 266 g/mol. The second kappa shape index (κ2) is 5.23. The topological polar surface area (TPSA) is 45.2 Å². The van der Waals surface area contributed by atoms with E-state index in [-0.39, 0.29) is 5.75 Å². The number of nitrogens with zero attached hydrogens (tertiary/aromatic N) is 1. The number of halogens is 2. The number of pyridine rings is 1. The van der Waals surface area contributed by atoms with Crippen LogP contribution in [0.2, 0.25) is 5.15 Å². The molecule has 0 aliphatic heterocycles. The van der Waals surface area contributed by atoms with Crippen LogP contribution in [0, 0.1) is 12.7 Å². The van der Waals surface area contributed by atoms with Crippen molar-refractivity contribution >= 4 is 17.3 Å². The van der Waals surface area contributed by atoms with Gasteiger partial charge in [0, 0.05) is 18.8 Å². The lowest BCUT2D eigenvalue weighted by molar-refractivity contribution is 0.468. The zero-order chi connectivity index (χ0) is 13.1. The Hall–Kier alpha value is -1.81. The molecule has 2 N–H and O–H groups in total. The molecule has 18 heavy (non-hydrogen) atoms. The Labute approximate surface area is 109 Å². The maximum atomic E-state index is 13.1. The highest BCUT2D eigenvalue weighted by molar-refractivity contribution is 6.32. The third kappa shape index (κ3) is 2.90. The highest BCUT2D eigenvalue weighted by Crippen LogP contribution is 2.24. The number of rotatable bonds is 3. The predicted octanol–water partition coefficient (Wildman–Crippen LogP) is 3.50. The maximum absolute atomic E-state index is 13.1. The van der Waals surface area contributed by atoms with E-state index in [1.54, 1.807) is 6.20 Å². The van der Waals surface area contributed by atoms with Gasteiger partial charge in [0.15, 0.2) is 5.15 Å². The molecule has 2 rings (SSSR count). The molecule has 0 aliphatic rings. The molecule has 0 atom stereocenters. The van der Waals surface area contributed by atoms with E-state index < -0.39 is 5.82 Å². The Bertz CT molecular complexity index is 534. The summed E-state index contributed by atoms with van der Waals surface area (Å²) in [6, 6.07) is 5.74. The maximum Gasteiger partial charge on any atom is 0.152 e. The Morgan fingerprint density at radius 1 is 1.39 bits per heavy atom. The van der Waals surface area contributed by atoms with Gasteiger partial charge in [-0.15, -0.1) is 0 Å². The third-order valence-corrected chi connectivity index (χ3v) is 2.81. The summed E-state index contributed by atoms with van der Waals surface area (Å²) in [5.74, 6) is -0.568. The van der Waals surface area contributed by atoms with Crippen molar-refractivity contribution in [3.05, 3.63) is 52.6 Å². The van der Waals surface area contributed by atoms with E-state index in [1.807, 2.05) is 13.0 Å². The number of nitrogens with one attached hydrogen (secondary N) is 1. The van der Waals surface area contributed by atoms with E-state index in [0.29, 0.717) is 22.9 Å². The van der Waals surface area contributed by atoms with E-state index >= 15 is 0 Å². The molecule has 0 bridgehead atoms. The lowest BCUT2D eigenvalue weighted by Crippen LogP contribution is -2.02. The molecule has 0 fully saturated rings. The van der Waals surface area contributed by atoms with E-state index in [9.17, 15) is 9.50 Å². The number of aromatic hydroxyl groups is 1. The first-order chi connectivity index (χ1) is 8.56. The highest BCUT2D eigenvalue weighted by atomic mass is 35.5. The van der Waals surface area contributed by atoms with E-state index in [1.165, 1.54) is 12.1 Å². The van der Waals surface area contributed by atoms with Gasteiger partial charge in [-0.3, -0.25) is 0 Å². The summed E-state index contributed by atoms with van der Waals surface area (Å²) in [5, 5.41) is 12.7. The molecule has 2 aromatic rings. The van der Waals surface area contributed by atoms with Gasteiger partial charge in [0.2, 0.25) is 0 Å². The van der Waals surface area contributed by atoms with Crippen molar-refractivity contribution in [2.75, 3.05) is 5.32 Å². The largest absolute Gasteiger partial charge is 0.508 e. The molecular formula is C13H12ClFN2O. The number of anilines is 1. The van der Waals surface area contributed by atoms with Crippen LogP contribution < -0.4 is 5.32 Å². The fraction of sp³-hybridized carbons (Fsp3) is 0.154. The van der Waals surface area contributed by atoms with E-state index in [0.717, 1.165) is 11.6 Å². The van der Waals surface area contributed by atoms with Gasteiger partial charge >= 0.3 is 0 Å². The summed E-state index contributed by atoms with van der Waals surface area (Å²) in [6.45, 7) is 2.26. The summed E-state index contributed by atoms with van der Waals surface area (Å²) >= 11 is 5.96. The molecular weight excluding hydrogens is 255 g/mol. The van der Waals surface area contributed by atoms with Gasteiger partial charge in [-0.1, -0.05) is 11.6 Å². The first-order valence-electron chi connectivity index (χ1n) is 5.39. The average Bonchev–Trinajstić information content (AvgIpc) is 2.27. The number of aromatic nitrogens is 1. The fourth-order valence-electron chi connectivity index (χ4n) is 1.66. The van der Waals surface area contributed by atoms with Gasteiger partial charge < -0.3 is 10.4 Å². The molecule has 0 spiro atoms. The highest BCUT2D eigenvalue weighted by Gasteiger charge is 2.05. The Kier molecular flexibility index (Phi) is 3.67. The van der Waals surface area contributed by atoms with Crippen LogP contribution in [0.3, 0.4) is 0 Å². The Morgan fingerprint density at radius 3 is 2.83 bits per heavy atom. The molecule has 5 heteroatoms. The molecule has 1 heterocycles. The predicted molar refractivity (Wildman–Crippen MR) is 69.4 cm³/mol. The van der Waals surface area contributed by atoms with Crippen LogP contribution in [-0.2, 0) is 6.54 Å². The van der Waals surface area contributed by atoms with Crippen LogP contribution in [0.5, 0.6) is 5.75 Å². The molecule has 0 amide bonds. The van der Waals surface area contributed by atoms with Gasteiger partial charge in [-0.2, -0.15) is 0 Å². The van der Waals surface area contributed by atoms with Crippen LogP contribution >= 0.6 is 11.6 Å². The van der Waals surface area contributed by atoms with Gasteiger partial charge in [-0.05, 0) is 36.2 Å². The minimum absolute atomic E-state index is 0.0965. The van der Waals surface area contributed by atoms with E-state index in [2.05, 4.69) is 10.3 Å². The van der Waals surface area contributed by atoms with Crippen molar-refractivity contribution in [3.8, 4) is 5.75 Å². The minimum Gasteiger partial charge on any atom is -0.508 e. The number of hydrogen-bond donors (Lipinski definition) is 2. The van der Waals surface area contributed by atoms with Crippen LogP contribution in [0.1, 0.15) is 11.1 Å². The summed E-state index contributed by atoms with van der Waals surface area (Å²) in [4.78, 5) is 3.97. The van der Waals surface area contributed by atoms with Gasteiger partial charge in [0.1, 0.15) is 11.6 Å². The van der Waals surface area contributed by atoms with Crippen molar-refractivity contribution in [2.45, 2.75) is 13.5 Å². The molecule has 1 aromatic carbocycles. The lowest BCUT2D eigenvalue weighted by atomic mass is 10.2. The molecule has 0 radical (unpaired) electrons. The summed E-state index contributed by atoms with van der Waals surface area (Å²) in [7, 11) is 0. The first-order valence-corrected chi connectivity index (χ1v) is 5.77. The van der Waals surface area contributed by atoms with Crippen molar-refractivity contribution in [3.63, 3.8) is 0 Å². The van der Waals surface area contributed by atoms with Crippen LogP contribution in [0.25, 0.3) is 0 Å². The summed E-state index contributed by atoms with van der Waals surface area (Å²) in [5.41, 5.74) is 2.30. The van der Waals surface area contributed by atoms with E-state index in [4.69, 9.17) is 11.6 Å². The number of phenolic OH excluding ortho intramolecular Hbond substituents is 1. The second-order valence-electron chi connectivity index (χ2n) is 3.96. The standard InChI is InChI=1S/C13H12ClFN2O/c1-8-2-3-16-13(14)12(8)17-7-9-4-10(15)6-11(18)5-9/h2-6,17-18H,7H2,1H3. The van der Waals surface area contributed by atoms with Gasteiger partial charge in [0.05, 0.1) is 5.69 Å².